The fourth-order valence-corrected chi connectivity index (χ4v) is 4.65. The SMILES string of the molecule is COc1ccc(CNC(=O)CN2CCC[C@H]2c2nc3ccccc3s2)cc1. The van der Waals surface area contributed by atoms with Crippen molar-refractivity contribution in [2.24, 2.45) is 0 Å². The number of ether oxygens (including phenoxy) is 1. The van der Waals surface area contributed by atoms with Gasteiger partial charge in [-0.3, -0.25) is 9.69 Å². The Bertz CT molecular complexity index is 890. The number of nitrogens with one attached hydrogen (secondary N) is 1. The van der Waals surface area contributed by atoms with Crippen LogP contribution in [0.25, 0.3) is 10.2 Å². The van der Waals surface area contributed by atoms with Crippen LogP contribution in [0.1, 0.15) is 29.5 Å². The van der Waals surface area contributed by atoms with Crippen LogP contribution in [-0.2, 0) is 11.3 Å². The van der Waals surface area contributed by atoms with Gasteiger partial charge in [-0.15, -0.1) is 11.3 Å². The van der Waals surface area contributed by atoms with Crippen molar-refractivity contribution in [3.63, 3.8) is 0 Å². The second kappa shape index (κ2) is 8.06. The number of benzene rings is 2. The smallest absolute Gasteiger partial charge is 0.234 e. The lowest BCUT2D eigenvalue weighted by atomic mass is 10.2. The minimum atomic E-state index is 0.0545. The normalized spacial score (nSPS) is 17.3. The van der Waals surface area contributed by atoms with Crippen molar-refractivity contribution in [3.05, 3.63) is 59.1 Å². The Labute approximate surface area is 163 Å². The molecule has 0 bridgehead atoms. The van der Waals surface area contributed by atoms with Gasteiger partial charge >= 0.3 is 0 Å². The van der Waals surface area contributed by atoms with E-state index in [0.29, 0.717) is 13.1 Å². The number of methoxy groups -OCH3 is 1. The van der Waals surface area contributed by atoms with E-state index in [1.807, 2.05) is 36.4 Å². The van der Waals surface area contributed by atoms with Gasteiger partial charge in [0.05, 0.1) is 29.9 Å². The summed E-state index contributed by atoms with van der Waals surface area (Å²) in [7, 11) is 1.65. The Morgan fingerprint density at radius 3 is 2.85 bits per heavy atom. The molecule has 0 saturated carbocycles. The van der Waals surface area contributed by atoms with E-state index < -0.39 is 0 Å². The van der Waals surface area contributed by atoms with Crippen molar-refractivity contribution in [3.8, 4) is 5.75 Å². The average molecular weight is 382 g/mol. The van der Waals surface area contributed by atoms with E-state index in [4.69, 9.17) is 9.72 Å². The lowest BCUT2D eigenvalue weighted by molar-refractivity contribution is -0.122. The van der Waals surface area contributed by atoms with Crippen molar-refractivity contribution in [1.82, 2.24) is 15.2 Å². The molecule has 1 aromatic heterocycles. The molecule has 1 amide bonds. The zero-order chi connectivity index (χ0) is 18.6. The number of rotatable bonds is 6. The fraction of sp³-hybridized carbons (Fsp3) is 0.333. The zero-order valence-electron chi connectivity index (χ0n) is 15.4. The van der Waals surface area contributed by atoms with Gasteiger partial charge in [0.25, 0.3) is 0 Å². The van der Waals surface area contributed by atoms with E-state index in [1.165, 1.54) is 4.70 Å². The summed E-state index contributed by atoms with van der Waals surface area (Å²) in [5, 5.41) is 4.15. The van der Waals surface area contributed by atoms with Gasteiger partial charge in [-0.1, -0.05) is 24.3 Å². The Balaban J connectivity index is 1.36. The summed E-state index contributed by atoms with van der Waals surface area (Å²) < 4.78 is 6.37. The van der Waals surface area contributed by atoms with E-state index in [1.54, 1.807) is 18.4 Å². The second-order valence-electron chi connectivity index (χ2n) is 6.77. The number of likely N-dealkylation sites (tertiary alicyclic amines) is 1. The highest BCUT2D eigenvalue weighted by atomic mass is 32.1. The summed E-state index contributed by atoms with van der Waals surface area (Å²) in [6, 6.07) is 16.2. The molecule has 4 rings (SSSR count). The number of hydrogen-bond donors (Lipinski definition) is 1. The molecule has 1 aliphatic rings. The van der Waals surface area contributed by atoms with Crippen LogP contribution in [0.4, 0.5) is 0 Å². The maximum Gasteiger partial charge on any atom is 0.234 e. The van der Waals surface area contributed by atoms with Gasteiger partial charge in [0, 0.05) is 6.54 Å². The van der Waals surface area contributed by atoms with Crippen molar-refractivity contribution in [2.45, 2.75) is 25.4 Å². The summed E-state index contributed by atoms with van der Waals surface area (Å²) >= 11 is 1.74. The van der Waals surface area contributed by atoms with E-state index in [-0.39, 0.29) is 11.9 Å². The molecule has 5 nitrogen and oxygen atoms in total. The van der Waals surface area contributed by atoms with Crippen LogP contribution >= 0.6 is 11.3 Å². The third kappa shape index (κ3) is 4.12. The average Bonchev–Trinajstić information content (AvgIpc) is 3.33. The van der Waals surface area contributed by atoms with Crippen LogP contribution in [0.5, 0.6) is 5.75 Å². The minimum Gasteiger partial charge on any atom is -0.497 e. The molecular formula is C21H23N3O2S. The molecule has 0 radical (unpaired) electrons. The van der Waals surface area contributed by atoms with Gasteiger partial charge in [0.1, 0.15) is 10.8 Å². The van der Waals surface area contributed by atoms with Crippen molar-refractivity contribution < 1.29 is 9.53 Å². The number of thiazole rings is 1. The first-order valence-electron chi connectivity index (χ1n) is 9.22. The second-order valence-corrected chi connectivity index (χ2v) is 7.84. The molecule has 0 aliphatic carbocycles. The lowest BCUT2D eigenvalue weighted by Crippen LogP contribution is -2.36. The monoisotopic (exact) mass is 381 g/mol. The Morgan fingerprint density at radius 2 is 2.07 bits per heavy atom. The van der Waals surface area contributed by atoms with E-state index in [2.05, 4.69) is 22.3 Å². The summed E-state index contributed by atoms with van der Waals surface area (Å²) in [6.45, 7) is 1.88. The number of aromatic nitrogens is 1. The van der Waals surface area contributed by atoms with Crippen LogP contribution in [0.15, 0.2) is 48.5 Å². The number of carbonyl (C=O) groups is 1. The first-order chi connectivity index (χ1) is 13.2. The third-order valence-electron chi connectivity index (χ3n) is 4.95. The van der Waals surface area contributed by atoms with Gasteiger partial charge in [-0.2, -0.15) is 0 Å². The molecule has 140 valence electrons. The molecule has 27 heavy (non-hydrogen) atoms. The van der Waals surface area contributed by atoms with Gasteiger partial charge in [-0.25, -0.2) is 4.98 Å². The number of fused-ring (bicyclic) bond motifs is 1. The van der Waals surface area contributed by atoms with Crippen LogP contribution in [0.3, 0.4) is 0 Å². The lowest BCUT2D eigenvalue weighted by Gasteiger charge is -2.22. The van der Waals surface area contributed by atoms with Crippen LogP contribution in [0.2, 0.25) is 0 Å². The fourth-order valence-electron chi connectivity index (χ4n) is 3.51. The molecule has 1 fully saturated rings. The van der Waals surface area contributed by atoms with Crippen molar-refractivity contribution in [1.29, 1.82) is 0 Å². The van der Waals surface area contributed by atoms with E-state index in [0.717, 1.165) is 41.2 Å². The molecule has 1 atom stereocenters. The van der Waals surface area contributed by atoms with Gasteiger partial charge in [0.15, 0.2) is 0 Å². The van der Waals surface area contributed by atoms with Gasteiger partial charge < -0.3 is 10.1 Å². The standard InChI is InChI=1S/C21H23N3O2S/c1-26-16-10-8-15(9-11-16)13-22-20(25)14-24-12-4-6-18(24)21-23-17-5-2-3-7-19(17)27-21/h2-3,5,7-11,18H,4,6,12-14H2,1H3,(H,22,25)/t18-/m0/s1. The number of carbonyl (C=O) groups excluding carboxylic acids is 1. The molecule has 1 aliphatic heterocycles. The molecule has 0 unspecified atom stereocenters. The van der Waals surface area contributed by atoms with Crippen molar-refractivity contribution >= 4 is 27.5 Å². The largest absolute Gasteiger partial charge is 0.497 e. The molecule has 2 heterocycles. The summed E-state index contributed by atoms with van der Waals surface area (Å²) in [4.78, 5) is 19.5. The predicted octanol–water partition coefficient (Wildman–Crippen LogP) is 3.76. The first-order valence-corrected chi connectivity index (χ1v) is 10.0. The zero-order valence-corrected chi connectivity index (χ0v) is 16.2. The predicted molar refractivity (Wildman–Crippen MR) is 108 cm³/mol. The number of hydrogen-bond acceptors (Lipinski definition) is 5. The Hall–Kier alpha value is -2.44. The Kier molecular flexibility index (Phi) is 5.36. The molecule has 1 N–H and O–H groups in total. The molecule has 6 heteroatoms. The van der Waals surface area contributed by atoms with Crippen LogP contribution in [-0.4, -0.2) is 36.0 Å². The highest BCUT2D eigenvalue weighted by Crippen LogP contribution is 2.36. The molecular weight excluding hydrogens is 358 g/mol. The minimum absolute atomic E-state index is 0.0545. The summed E-state index contributed by atoms with van der Waals surface area (Å²) in [6.07, 6.45) is 2.16. The molecule has 0 spiro atoms. The Morgan fingerprint density at radius 1 is 1.26 bits per heavy atom. The summed E-state index contributed by atoms with van der Waals surface area (Å²) in [5.74, 6) is 0.875. The maximum atomic E-state index is 12.4. The topological polar surface area (TPSA) is 54.5 Å². The van der Waals surface area contributed by atoms with Crippen molar-refractivity contribution in [2.75, 3.05) is 20.2 Å². The van der Waals surface area contributed by atoms with Crippen LogP contribution in [0, 0.1) is 0 Å². The summed E-state index contributed by atoms with van der Waals surface area (Å²) in [5.41, 5.74) is 2.11. The highest BCUT2D eigenvalue weighted by Gasteiger charge is 2.29. The van der Waals surface area contributed by atoms with E-state index >= 15 is 0 Å². The first kappa shape index (κ1) is 17.9. The molecule has 2 aromatic carbocycles. The quantitative estimate of drug-likeness (QED) is 0.706. The number of amides is 1. The van der Waals surface area contributed by atoms with Gasteiger partial charge in [-0.05, 0) is 49.2 Å². The molecule has 3 aromatic rings. The van der Waals surface area contributed by atoms with E-state index in [9.17, 15) is 4.79 Å². The highest BCUT2D eigenvalue weighted by molar-refractivity contribution is 7.18. The number of nitrogens with zero attached hydrogens (tertiary/aromatic N) is 2. The maximum absolute atomic E-state index is 12.4. The van der Waals surface area contributed by atoms with Gasteiger partial charge in [0.2, 0.25) is 5.91 Å². The number of para-hydroxylation sites is 1. The van der Waals surface area contributed by atoms with Crippen LogP contribution < -0.4 is 10.1 Å². The molecule has 1 saturated heterocycles. The third-order valence-corrected chi connectivity index (χ3v) is 6.09.